The van der Waals surface area contributed by atoms with Crippen molar-refractivity contribution in [2.75, 3.05) is 19.5 Å². The predicted molar refractivity (Wildman–Crippen MR) is 100 cm³/mol. The van der Waals surface area contributed by atoms with Crippen molar-refractivity contribution >= 4 is 17.7 Å². The summed E-state index contributed by atoms with van der Waals surface area (Å²) in [6, 6.07) is 14.9. The van der Waals surface area contributed by atoms with Gasteiger partial charge in [-0.2, -0.15) is 0 Å². The molecule has 8 heteroatoms. The fraction of sp³-hybridized carbons (Fsp3) is 0.211. The van der Waals surface area contributed by atoms with Gasteiger partial charge in [0, 0.05) is 17.0 Å². The van der Waals surface area contributed by atoms with Gasteiger partial charge in [0.05, 0.1) is 19.7 Å². The van der Waals surface area contributed by atoms with Gasteiger partial charge in [0.1, 0.15) is 11.5 Å². The second-order valence-corrected chi connectivity index (χ2v) is 6.40. The van der Waals surface area contributed by atoms with E-state index in [0.29, 0.717) is 17.6 Å². The van der Waals surface area contributed by atoms with E-state index in [2.05, 4.69) is 10.2 Å². The molecule has 0 unspecified atom stereocenters. The van der Waals surface area contributed by atoms with Crippen LogP contribution in [-0.2, 0) is 4.79 Å². The lowest BCUT2D eigenvalue weighted by molar-refractivity contribution is -0.301. The number of aliphatic carboxylic acids is 1. The molecule has 140 valence electrons. The highest BCUT2D eigenvalue weighted by molar-refractivity contribution is 7.99. The van der Waals surface area contributed by atoms with Crippen molar-refractivity contribution in [3.63, 3.8) is 0 Å². The number of carboxylic acids is 1. The van der Waals surface area contributed by atoms with Crippen molar-refractivity contribution in [3.05, 3.63) is 48.5 Å². The second-order valence-electron chi connectivity index (χ2n) is 5.46. The van der Waals surface area contributed by atoms with Crippen molar-refractivity contribution < 1.29 is 19.4 Å². The van der Waals surface area contributed by atoms with Gasteiger partial charge < -0.3 is 19.4 Å². The minimum atomic E-state index is -1.16. The predicted octanol–water partition coefficient (Wildman–Crippen LogP) is 2.18. The maximum absolute atomic E-state index is 10.9. The molecular weight excluding hydrogens is 366 g/mol. The summed E-state index contributed by atoms with van der Waals surface area (Å²) in [4.78, 5) is 10.9. The van der Waals surface area contributed by atoms with Gasteiger partial charge in [0.25, 0.3) is 0 Å². The molecule has 1 heterocycles. The van der Waals surface area contributed by atoms with Crippen LogP contribution in [-0.4, -0.2) is 40.2 Å². The molecule has 0 N–H and O–H groups in total. The third kappa shape index (κ3) is 4.40. The van der Waals surface area contributed by atoms with E-state index >= 15 is 0 Å². The van der Waals surface area contributed by atoms with Crippen LogP contribution in [0.5, 0.6) is 11.5 Å². The number of methoxy groups -OCH3 is 1. The normalized spacial score (nSPS) is 10.6. The Bertz CT molecular complexity index is 908. The van der Waals surface area contributed by atoms with Gasteiger partial charge in [-0.25, -0.2) is 0 Å². The van der Waals surface area contributed by atoms with Crippen molar-refractivity contribution in [3.8, 4) is 28.6 Å². The van der Waals surface area contributed by atoms with E-state index in [-0.39, 0.29) is 5.75 Å². The number of benzene rings is 2. The molecule has 0 atom stereocenters. The Morgan fingerprint density at radius 3 is 2.33 bits per heavy atom. The van der Waals surface area contributed by atoms with Gasteiger partial charge in [-0.3, -0.25) is 4.57 Å². The summed E-state index contributed by atoms with van der Waals surface area (Å²) >= 11 is 1.06. The zero-order valence-electron chi connectivity index (χ0n) is 14.9. The maximum atomic E-state index is 10.9. The molecule has 7 nitrogen and oxygen atoms in total. The molecule has 3 rings (SSSR count). The molecule has 1 aromatic heterocycles. The van der Waals surface area contributed by atoms with Crippen LogP contribution in [0.15, 0.2) is 53.7 Å². The monoisotopic (exact) mass is 384 g/mol. The Morgan fingerprint density at radius 2 is 1.74 bits per heavy atom. The first-order chi connectivity index (χ1) is 13.1. The van der Waals surface area contributed by atoms with Crippen LogP contribution in [0.4, 0.5) is 0 Å². The first kappa shape index (κ1) is 18.8. The Labute approximate surface area is 161 Å². The summed E-state index contributed by atoms with van der Waals surface area (Å²) in [5, 5.41) is 19.8. The fourth-order valence-electron chi connectivity index (χ4n) is 2.50. The van der Waals surface area contributed by atoms with Gasteiger partial charge in [-0.15, -0.1) is 10.2 Å². The smallest absolute Gasteiger partial charge is 0.196 e. The summed E-state index contributed by atoms with van der Waals surface area (Å²) in [7, 11) is 1.60. The first-order valence-electron chi connectivity index (χ1n) is 8.28. The number of hydrogen-bond donors (Lipinski definition) is 0. The third-order valence-electron chi connectivity index (χ3n) is 3.71. The van der Waals surface area contributed by atoms with Crippen molar-refractivity contribution in [1.82, 2.24) is 14.8 Å². The molecule has 0 radical (unpaired) electrons. The lowest BCUT2D eigenvalue weighted by Gasteiger charge is -2.12. The average Bonchev–Trinajstić information content (AvgIpc) is 3.11. The number of rotatable bonds is 8. The van der Waals surface area contributed by atoms with Gasteiger partial charge in [-0.05, 0) is 55.5 Å². The molecule has 0 aliphatic carbocycles. The molecule has 0 aliphatic heterocycles. The van der Waals surface area contributed by atoms with E-state index in [1.165, 1.54) is 0 Å². The number of ether oxygens (including phenoxy) is 2. The van der Waals surface area contributed by atoms with Gasteiger partial charge in [0.15, 0.2) is 11.0 Å². The lowest BCUT2D eigenvalue weighted by atomic mass is 10.2. The molecule has 0 fully saturated rings. The number of thioether (sulfide) groups is 1. The van der Waals surface area contributed by atoms with Crippen molar-refractivity contribution in [2.45, 2.75) is 12.1 Å². The van der Waals surface area contributed by atoms with E-state index in [1.807, 2.05) is 60.0 Å². The van der Waals surface area contributed by atoms with Crippen molar-refractivity contribution in [1.29, 1.82) is 0 Å². The summed E-state index contributed by atoms with van der Waals surface area (Å²) in [5.41, 5.74) is 1.63. The summed E-state index contributed by atoms with van der Waals surface area (Å²) in [5.74, 6) is 0.717. The molecule has 0 spiro atoms. The minimum Gasteiger partial charge on any atom is -0.549 e. The zero-order chi connectivity index (χ0) is 19.2. The quantitative estimate of drug-likeness (QED) is 0.550. The largest absolute Gasteiger partial charge is 0.549 e. The number of carboxylic acid groups (broad SMARTS) is 1. The van der Waals surface area contributed by atoms with Crippen molar-refractivity contribution in [2.24, 2.45) is 0 Å². The highest BCUT2D eigenvalue weighted by Crippen LogP contribution is 2.29. The van der Waals surface area contributed by atoms with Crippen LogP contribution in [0.3, 0.4) is 0 Å². The molecule has 2 aromatic carbocycles. The minimum absolute atomic E-state index is 0.211. The van der Waals surface area contributed by atoms with Crippen LogP contribution in [0, 0.1) is 0 Å². The van der Waals surface area contributed by atoms with Gasteiger partial charge in [-0.1, -0.05) is 11.8 Å². The zero-order valence-corrected chi connectivity index (χ0v) is 15.7. The first-order valence-corrected chi connectivity index (χ1v) is 9.26. The van der Waals surface area contributed by atoms with E-state index in [0.717, 1.165) is 34.5 Å². The third-order valence-corrected chi connectivity index (χ3v) is 4.61. The van der Waals surface area contributed by atoms with E-state index in [1.54, 1.807) is 7.11 Å². The summed E-state index contributed by atoms with van der Waals surface area (Å²) < 4.78 is 12.5. The molecule has 0 saturated heterocycles. The Balaban J connectivity index is 2.03. The van der Waals surface area contributed by atoms with Crippen LogP contribution < -0.4 is 14.6 Å². The van der Waals surface area contributed by atoms with Gasteiger partial charge in [0.2, 0.25) is 0 Å². The van der Waals surface area contributed by atoms with Gasteiger partial charge >= 0.3 is 0 Å². The number of hydrogen-bond acceptors (Lipinski definition) is 7. The SMILES string of the molecule is CCOc1ccc(-n2c(SCC(=O)[O-])nnc2-c2ccc(OC)cc2)cc1. The molecule has 0 aliphatic rings. The number of carbonyl (C=O) groups excluding carboxylic acids is 1. The Hall–Kier alpha value is -3.00. The van der Waals surface area contributed by atoms with Crippen LogP contribution in [0.2, 0.25) is 0 Å². The molecule has 3 aromatic rings. The highest BCUT2D eigenvalue weighted by Gasteiger charge is 2.16. The molecule has 0 amide bonds. The second kappa shape index (κ2) is 8.59. The molecule has 27 heavy (non-hydrogen) atoms. The van der Waals surface area contributed by atoms with E-state index < -0.39 is 5.97 Å². The van der Waals surface area contributed by atoms with Crippen LogP contribution in [0.25, 0.3) is 17.1 Å². The molecule has 0 saturated carbocycles. The van der Waals surface area contributed by atoms with E-state index in [4.69, 9.17) is 9.47 Å². The lowest BCUT2D eigenvalue weighted by Crippen LogP contribution is -2.24. The van der Waals surface area contributed by atoms with E-state index in [9.17, 15) is 9.90 Å². The van der Waals surface area contributed by atoms with Crippen LogP contribution >= 0.6 is 11.8 Å². The topological polar surface area (TPSA) is 89.3 Å². The highest BCUT2D eigenvalue weighted by atomic mass is 32.2. The molecule has 0 bridgehead atoms. The van der Waals surface area contributed by atoms with Crippen LogP contribution in [0.1, 0.15) is 6.92 Å². The standard InChI is InChI=1S/C19H19N3O4S/c1-3-26-16-10-6-14(7-11-16)22-18(13-4-8-15(25-2)9-5-13)20-21-19(22)27-12-17(23)24/h4-11H,3,12H2,1-2H3,(H,23,24)/p-1. The number of nitrogens with zero attached hydrogens (tertiary/aromatic N) is 3. The summed E-state index contributed by atoms with van der Waals surface area (Å²) in [6.07, 6.45) is 0. The summed E-state index contributed by atoms with van der Waals surface area (Å²) in [6.45, 7) is 2.50. The maximum Gasteiger partial charge on any atom is 0.196 e. The molecular formula is C19H18N3O4S-. The number of carbonyl (C=O) groups is 1. The average molecular weight is 384 g/mol. The Kier molecular flexibility index (Phi) is 5.97. The number of aromatic nitrogens is 3. The fourth-order valence-corrected chi connectivity index (χ4v) is 3.17. The Morgan fingerprint density at radius 1 is 1.07 bits per heavy atom.